The third-order valence-electron chi connectivity index (χ3n) is 6.17. The van der Waals surface area contributed by atoms with Crippen LogP contribution in [0.15, 0.2) is 0 Å². The first-order valence-electron chi connectivity index (χ1n) is 8.88. The molecule has 2 N–H and O–H groups in total. The number of hydrogen-bond donors (Lipinski definition) is 1. The minimum Gasteiger partial charge on any atom is -0.341 e. The van der Waals surface area contributed by atoms with Crippen molar-refractivity contribution in [1.29, 1.82) is 0 Å². The van der Waals surface area contributed by atoms with Crippen LogP contribution in [0, 0.1) is 11.3 Å². The van der Waals surface area contributed by atoms with E-state index in [1.807, 2.05) is 0 Å². The summed E-state index contributed by atoms with van der Waals surface area (Å²) in [4.78, 5) is 17.9. The molecule has 4 heteroatoms. The van der Waals surface area contributed by atoms with Crippen molar-refractivity contribution in [2.45, 2.75) is 57.9 Å². The maximum atomic E-state index is 13.2. The summed E-state index contributed by atoms with van der Waals surface area (Å²) in [6, 6.07) is 0.605. The van der Waals surface area contributed by atoms with E-state index in [0.717, 1.165) is 51.1 Å². The van der Waals surface area contributed by atoms with Crippen molar-refractivity contribution in [1.82, 2.24) is 9.80 Å². The fraction of sp³-hybridized carbons (Fsp3) is 0.941. The van der Waals surface area contributed by atoms with Crippen LogP contribution < -0.4 is 5.73 Å². The Kier molecular flexibility index (Phi) is 4.55. The monoisotopic (exact) mass is 293 g/mol. The van der Waals surface area contributed by atoms with Gasteiger partial charge in [-0.1, -0.05) is 6.92 Å². The molecule has 120 valence electrons. The van der Waals surface area contributed by atoms with E-state index in [4.69, 9.17) is 5.73 Å². The average Bonchev–Trinajstić information content (AvgIpc) is 2.85. The Morgan fingerprint density at radius 1 is 1.14 bits per heavy atom. The lowest BCUT2D eigenvalue weighted by Crippen LogP contribution is -2.51. The van der Waals surface area contributed by atoms with Gasteiger partial charge in [0.15, 0.2) is 0 Å². The summed E-state index contributed by atoms with van der Waals surface area (Å²) in [5.41, 5.74) is 5.83. The van der Waals surface area contributed by atoms with Gasteiger partial charge in [0.2, 0.25) is 5.91 Å². The first kappa shape index (κ1) is 15.3. The summed E-state index contributed by atoms with van der Waals surface area (Å²) in [5, 5.41) is 0. The molecule has 2 saturated heterocycles. The standard InChI is InChI=1S/C17H31N3O/c1-14-5-7-17(13-18,8-6-14)16(21)20-11-3-10-19-9-2-4-15(19)12-20/h14-15H,2-13,18H2,1H3. The van der Waals surface area contributed by atoms with Crippen LogP contribution in [0.1, 0.15) is 51.9 Å². The summed E-state index contributed by atoms with van der Waals surface area (Å²) in [6.45, 7) is 7.10. The van der Waals surface area contributed by atoms with Gasteiger partial charge in [0.1, 0.15) is 0 Å². The van der Waals surface area contributed by atoms with Gasteiger partial charge in [-0.25, -0.2) is 0 Å². The highest BCUT2D eigenvalue weighted by Crippen LogP contribution is 2.40. The SMILES string of the molecule is CC1CCC(CN)(C(=O)N2CCCN3CCCC3C2)CC1. The van der Waals surface area contributed by atoms with Gasteiger partial charge < -0.3 is 10.6 Å². The minimum absolute atomic E-state index is 0.250. The molecule has 0 aromatic heterocycles. The fourth-order valence-corrected chi connectivity index (χ4v) is 4.55. The van der Waals surface area contributed by atoms with Gasteiger partial charge in [0, 0.05) is 32.2 Å². The highest BCUT2D eigenvalue weighted by atomic mass is 16.2. The van der Waals surface area contributed by atoms with Crippen molar-refractivity contribution in [3.8, 4) is 0 Å². The van der Waals surface area contributed by atoms with Crippen LogP contribution in [0.5, 0.6) is 0 Å². The molecular weight excluding hydrogens is 262 g/mol. The topological polar surface area (TPSA) is 49.6 Å². The Labute approximate surface area is 129 Å². The zero-order valence-electron chi connectivity index (χ0n) is 13.5. The quantitative estimate of drug-likeness (QED) is 0.845. The molecule has 0 aromatic rings. The molecule has 1 saturated carbocycles. The van der Waals surface area contributed by atoms with Crippen molar-refractivity contribution in [2.75, 3.05) is 32.7 Å². The summed E-state index contributed by atoms with van der Waals surface area (Å²) >= 11 is 0. The van der Waals surface area contributed by atoms with E-state index in [2.05, 4.69) is 16.7 Å². The van der Waals surface area contributed by atoms with Crippen LogP contribution in [0.4, 0.5) is 0 Å². The van der Waals surface area contributed by atoms with Crippen LogP contribution in [0.25, 0.3) is 0 Å². The van der Waals surface area contributed by atoms with E-state index >= 15 is 0 Å². The largest absolute Gasteiger partial charge is 0.341 e. The minimum atomic E-state index is -0.250. The Morgan fingerprint density at radius 3 is 2.57 bits per heavy atom. The second kappa shape index (κ2) is 6.25. The number of rotatable bonds is 2. The Balaban J connectivity index is 1.70. The Hall–Kier alpha value is -0.610. The highest BCUT2D eigenvalue weighted by Gasteiger charge is 2.43. The van der Waals surface area contributed by atoms with Gasteiger partial charge in [-0.2, -0.15) is 0 Å². The fourth-order valence-electron chi connectivity index (χ4n) is 4.55. The maximum absolute atomic E-state index is 13.2. The normalized spacial score (nSPS) is 38.1. The Bertz CT molecular complexity index is 376. The lowest BCUT2D eigenvalue weighted by atomic mass is 9.70. The molecule has 1 unspecified atom stereocenters. The number of hydrogen-bond acceptors (Lipinski definition) is 3. The maximum Gasteiger partial charge on any atom is 0.230 e. The van der Waals surface area contributed by atoms with Gasteiger partial charge in [0.25, 0.3) is 0 Å². The first-order valence-corrected chi connectivity index (χ1v) is 8.88. The third-order valence-corrected chi connectivity index (χ3v) is 6.17. The number of nitrogens with two attached hydrogens (primary N) is 1. The summed E-state index contributed by atoms with van der Waals surface area (Å²) in [7, 11) is 0. The molecule has 1 aliphatic carbocycles. The molecule has 2 heterocycles. The third kappa shape index (κ3) is 2.98. The summed E-state index contributed by atoms with van der Waals surface area (Å²) < 4.78 is 0. The molecule has 0 aromatic carbocycles. The first-order chi connectivity index (χ1) is 10.1. The second-order valence-corrected chi connectivity index (χ2v) is 7.60. The van der Waals surface area contributed by atoms with E-state index in [-0.39, 0.29) is 5.41 Å². The number of carbonyl (C=O) groups is 1. The van der Waals surface area contributed by atoms with Crippen LogP contribution in [-0.2, 0) is 4.79 Å². The zero-order chi connectivity index (χ0) is 14.9. The zero-order valence-corrected chi connectivity index (χ0v) is 13.5. The van der Waals surface area contributed by atoms with Gasteiger partial charge in [-0.3, -0.25) is 9.69 Å². The predicted molar refractivity (Wildman–Crippen MR) is 84.9 cm³/mol. The molecule has 4 nitrogen and oxygen atoms in total. The second-order valence-electron chi connectivity index (χ2n) is 7.60. The lowest BCUT2D eigenvalue weighted by Gasteiger charge is -2.41. The lowest BCUT2D eigenvalue weighted by molar-refractivity contribution is -0.144. The van der Waals surface area contributed by atoms with Crippen molar-refractivity contribution < 1.29 is 4.79 Å². The highest BCUT2D eigenvalue weighted by molar-refractivity contribution is 5.83. The molecule has 21 heavy (non-hydrogen) atoms. The van der Waals surface area contributed by atoms with Crippen molar-refractivity contribution in [2.24, 2.45) is 17.1 Å². The smallest absolute Gasteiger partial charge is 0.230 e. The van der Waals surface area contributed by atoms with E-state index in [0.29, 0.717) is 18.5 Å². The summed E-state index contributed by atoms with van der Waals surface area (Å²) in [5.74, 6) is 1.12. The Morgan fingerprint density at radius 2 is 1.86 bits per heavy atom. The number of amides is 1. The van der Waals surface area contributed by atoms with E-state index < -0.39 is 0 Å². The molecule has 3 rings (SSSR count). The van der Waals surface area contributed by atoms with Gasteiger partial charge in [-0.15, -0.1) is 0 Å². The van der Waals surface area contributed by atoms with Gasteiger partial charge in [-0.05, 0) is 57.4 Å². The van der Waals surface area contributed by atoms with Crippen LogP contribution in [0.2, 0.25) is 0 Å². The van der Waals surface area contributed by atoms with Crippen LogP contribution in [0.3, 0.4) is 0 Å². The van der Waals surface area contributed by atoms with Gasteiger partial charge >= 0.3 is 0 Å². The molecule has 3 aliphatic rings. The van der Waals surface area contributed by atoms with Crippen molar-refractivity contribution >= 4 is 5.91 Å². The van der Waals surface area contributed by atoms with E-state index in [9.17, 15) is 4.79 Å². The molecule has 0 radical (unpaired) electrons. The number of carbonyl (C=O) groups excluding carboxylic acids is 1. The van der Waals surface area contributed by atoms with Crippen molar-refractivity contribution in [3.63, 3.8) is 0 Å². The molecule has 0 bridgehead atoms. The van der Waals surface area contributed by atoms with Crippen LogP contribution >= 0.6 is 0 Å². The number of fused-ring (bicyclic) bond motifs is 1. The molecule has 2 aliphatic heterocycles. The van der Waals surface area contributed by atoms with Crippen molar-refractivity contribution in [3.05, 3.63) is 0 Å². The van der Waals surface area contributed by atoms with Crippen LogP contribution in [-0.4, -0.2) is 54.5 Å². The summed E-state index contributed by atoms with van der Waals surface area (Å²) in [6.07, 6.45) is 7.99. The van der Waals surface area contributed by atoms with E-state index in [1.54, 1.807) is 0 Å². The molecule has 1 atom stereocenters. The van der Waals surface area contributed by atoms with Gasteiger partial charge in [0.05, 0.1) is 5.41 Å². The average molecular weight is 293 g/mol. The van der Waals surface area contributed by atoms with E-state index in [1.165, 1.54) is 25.9 Å². The number of nitrogens with zero attached hydrogens (tertiary/aromatic N) is 2. The molecular formula is C17H31N3O. The molecule has 3 fully saturated rings. The molecule has 0 spiro atoms. The predicted octanol–water partition coefficient (Wildman–Crippen LogP) is 1.84. The molecule has 1 amide bonds.